The first-order chi connectivity index (χ1) is 12.1. The fourth-order valence-corrected chi connectivity index (χ4v) is 2.53. The van der Waals surface area contributed by atoms with Crippen LogP contribution in [0.1, 0.15) is 24.8 Å². The molecule has 1 unspecified atom stereocenters. The number of amides is 1. The molecule has 1 aliphatic rings. The summed E-state index contributed by atoms with van der Waals surface area (Å²) in [4.78, 5) is 23.8. The van der Waals surface area contributed by atoms with Gasteiger partial charge in [0.25, 0.3) is 5.91 Å². The van der Waals surface area contributed by atoms with Gasteiger partial charge < -0.3 is 19.5 Å². The molecular formula is C19H19NO5. The molecule has 1 N–H and O–H groups in total. The molecule has 1 atom stereocenters. The average Bonchev–Trinajstić information content (AvgIpc) is 3.08. The number of hydrogen-bond donors (Lipinski definition) is 1. The molecule has 6 heteroatoms. The number of esters is 1. The Kier molecular flexibility index (Phi) is 5.18. The SMILES string of the molecule is CC(CC(=O)OCC(=O)Nc1ccc2c(c1)OCO2)c1ccccc1. The lowest BCUT2D eigenvalue weighted by molar-refractivity contribution is -0.147. The number of benzene rings is 2. The maximum absolute atomic E-state index is 11.9. The summed E-state index contributed by atoms with van der Waals surface area (Å²) in [6, 6.07) is 14.8. The molecule has 0 saturated heterocycles. The number of carbonyl (C=O) groups excluding carboxylic acids is 2. The highest BCUT2D eigenvalue weighted by molar-refractivity contribution is 5.93. The molecule has 0 spiro atoms. The molecule has 25 heavy (non-hydrogen) atoms. The molecule has 130 valence electrons. The highest BCUT2D eigenvalue weighted by atomic mass is 16.7. The minimum Gasteiger partial charge on any atom is -0.456 e. The lowest BCUT2D eigenvalue weighted by atomic mass is 9.98. The Balaban J connectivity index is 1.45. The van der Waals surface area contributed by atoms with Gasteiger partial charge in [-0.1, -0.05) is 37.3 Å². The highest BCUT2D eigenvalue weighted by Gasteiger charge is 2.16. The summed E-state index contributed by atoms with van der Waals surface area (Å²) < 4.78 is 15.5. The smallest absolute Gasteiger partial charge is 0.306 e. The van der Waals surface area contributed by atoms with Crippen molar-refractivity contribution >= 4 is 17.6 Å². The van der Waals surface area contributed by atoms with Crippen molar-refractivity contribution in [1.82, 2.24) is 0 Å². The topological polar surface area (TPSA) is 73.9 Å². The first kappa shape index (κ1) is 16.8. The second-order valence-electron chi connectivity index (χ2n) is 5.79. The van der Waals surface area contributed by atoms with E-state index in [-0.39, 0.29) is 25.7 Å². The summed E-state index contributed by atoms with van der Waals surface area (Å²) in [5.41, 5.74) is 1.62. The summed E-state index contributed by atoms with van der Waals surface area (Å²) in [7, 11) is 0. The van der Waals surface area contributed by atoms with Gasteiger partial charge in [-0.15, -0.1) is 0 Å². The van der Waals surface area contributed by atoms with E-state index in [2.05, 4.69) is 5.32 Å². The lowest BCUT2D eigenvalue weighted by Crippen LogP contribution is -2.21. The Morgan fingerprint density at radius 1 is 1.12 bits per heavy atom. The third kappa shape index (κ3) is 4.50. The maximum Gasteiger partial charge on any atom is 0.306 e. The Morgan fingerprint density at radius 2 is 1.88 bits per heavy atom. The van der Waals surface area contributed by atoms with Gasteiger partial charge in [0.1, 0.15) is 0 Å². The summed E-state index contributed by atoms with van der Waals surface area (Å²) in [6.45, 7) is 1.79. The van der Waals surface area contributed by atoms with E-state index in [0.29, 0.717) is 17.2 Å². The molecule has 6 nitrogen and oxygen atoms in total. The molecule has 1 heterocycles. The monoisotopic (exact) mass is 341 g/mol. The second-order valence-corrected chi connectivity index (χ2v) is 5.79. The van der Waals surface area contributed by atoms with Crippen LogP contribution >= 0.6 is 0 Å². The van der Waals surface area contributed by atoms with Gasteiger partial charge in [0.15, 0.2) is 18.1 Å². The van der Waals surface area contributed by atoms with Crippen LogP contribution in [0, 0.1) is 0 Å². The van der Waals surface area contributed by atoms with Gasteiger partial charge in [-0.25, -0.2) is 0 Å². The molecule has 0 bridgehead atoms. The lowest BCUT2D eigenvalue weighted by Gasteiger charge is -2.11. The zero-order valence-electron chi connectivity index (χ0n) is 13.9. The molecule has 0 radical (unpaired) electrons. The maximum atomic E-state index is 11.9. The molecule has 1 amide bonds. The van der Waals surface area contributed by atoms with Crippen LogP contribution in [0.2, 0.25) is 0 Å². The van der Waals surface area contributed by atoms with Crippen LogP contribution in [0.25, 0.3) is 0 Å². The highest BCUT2D eigenvalue weighted by Crippen LogP contribution is 2.34. The number of hydrogen-bond acceptors (Lipinski definition) is 5. The Morgan fingerprint density at radius 3 is 2.68 bits per heavy atom. The quantitative estimate of drug-likeness (QED) is 0.817. The average molecular weight is 341 g/mol. The van der Waals surface area contributed by atoms with Gasteiger partial charge in [-0.2, -0.15) is 0 Å². The van der Waals surface area contributed by atoms with Crippen molar-refractivity contribution in [3.05, 3.63) is 54.1 Å². The molecule has 0 fully saturated rings. The van der Waals surface area contributed by atoms with E-state index in [0.717, 1.165) is 5.56 Å². The summed E-state index contributed by atoms with van der Waals surface area (Å²) in [5.74, 6) is 0.438. The summed E-state index contributed by atoms with van der Waals surface area (Å²) in [5, 5.41) is 2.66. The molecule has 3 rings (SSSR count). The van der Waals surface area contributed by atoms with Crippen LogP contribution in [0.5, 0.6) is 11.5 Å². The number of carbonyl (C=O) groups is 2. The minimum absolute atomic E-state index is 0.0330. The minimum atomic E-state index is -0.405. The van der Waals surface area contributed by atoms with Crippen molar-refractivity contribution in [2.45, 2.75) is 19.3 Å². The first-order valence-electron chi connectivity index (χ1n) is 8.02. The molecule has 2 aromatic rings. The molecular weight excluding hydrogens is 322 g/mol. The number of fused-ring (bicyclic) bond motifs is 1. The van der Waals surface area contributed by atoms with Crippen LogP contribution in [0.3, 0.4) is 0 Å². The van der Waals surface area contributed by atoms with Crippen LogP contribution in [0.15, 0.2) is 48.5 Å². The normalized spacial score (nSPS) is 13.2. The standard InChI is InChI=1S/C19H19NO5/c1-13(14-5-3-2-4-6-14)9-19(22)23-11-18(21)20-15-7-8-16-17(10-15)25-12-24-16/h2-8,10,13H,9,11-12H2,1H3,(H,20,21). The molecule has 0 aromatic heterocycles. The fourth-order valence-electron chi connectivity index (χ4n) is 2.53. The van der Waals surface area contributed by atoms with Crippen LogP contribution < -0.4 is 14.8 Å². The molecule has 1 aliphatic heterocycles. The fraction of sp³-hybridized carbons (Fsp3) is 0.263. The molecule has 0 aliphatic carbocycles. The van der Waals surface area contributed by atoms with E-state index in [1.807, 2.05) is 37.3 Å². The van der Waals surface area contributed by atoms with Crippen molar-refractivity contribution in [3.8, 4) is 11.5 Å². The van der Waals surface area contributed by atoms with Gasteiger partial charge in [-0.05, 0) is 23.6 Å². The predicted octanol–water partition coefficient (Wildman–Crippen LogP) is 3.09. The van der Waals surface area contributed by atoms with Gasteiger partial charge in [0, 0.05) is 11.8 Å². The first-order valence-corrected chi connectivity index (χ1v) is 8.02. The number of nitrogens with one attached hydrogen (secondary N) is 1. The molecule has 2 aromatic carbocycles. The number of anilines is 1. The van der Waals surface area contributed by atoms with E-state index in [1.54, 1.807) is 18.2 Å². The van der Waals surface area contributed by atoms with Crippen molar-refractivity contribution in [2.75, 3.05) is 18.7 Å². The van der Waals surface area contributed by atoms with Crippen molar-refractivity contribution < 1.29 is 23.8 Å². The zero-order chi connectivity index (χ0) is 17.6. The van der Waals surface area contributed by atoms with Crippen molar-refractivity contribution in [2.24, 2.45) is 0 Å². The van der Waals surface area contributed by atoms with Crippen LogP contribution in [-0.4, -0.2) is 25.3 Å². The van der Waals surface area contributed by atoms with E-state index < -0.39 is 11.9 Å². The van der Waals surface area contributed by atoms with E-state index in [4.69, 9.17) is 14.2 Å². The zero-order valence-corrected chi connectivity index (χ0v) is 13.9. The van der Waals surface area contributed by atoms with Crippen molar-refractivity contribution in [3.63, 3.8) is 0 Å². The van der Waals surface area contributed by atoms with Gasteiger partial charge in [0.05, 0.1) is 6.42 Å². The third-order valence-corrected chi connectivity index (χ3v) is 3.86. The van der Waals surface area contributed by atoms with E-state index >= 15 is 0 Å². The third-order valence-electron chi connectivity index (χ3n) is 3.86. The van der Waals surface area contributed by atoms with E-state index in [9.17, 15) is 9.59 Å². The Labute approximate surface area is 145 Å². The second kappa shape index (κ2) is 7.70. The van der Waals surface area contributed by atoms with Crippen LogP contribution in [-0.2, 0) is 14.3 Å². The van der Waals surface area contributed by atoms with Crippen LogP contribution in [0.4, 0.5) is 5.69 Å². The Hall–Kier alpha value is -3.02. The predicted molar refractivity (Wildman–Crippen MR) is 91.6 cm³/mol. The number of rotatable bonds is 6. The van der Waals surface area contributed by atoms with Gasteiger partial charge >= 0.3 is 5.97 Å². The summed E-state index contributed by atoms with van der Waals surface area (Å²) >= 11 is 0. The van der Waals surface area contributed by atoms with Gasteiger partial charge in [0.2, 0.25) is 6.79 Å². The van der Waals surface area contributed by atoms with Crippen molar-refractivity contribution in [1.29, 1.82) is 0 Å². The number of ether oxygens (including phenoxy) is 3. The Bertz CT molecular complexity index is 760. The van der Waals surface area contributed by atoms with E-state index in [1.165, 1.54) is 0 Å². The summed E-state index contributed by atoms with van der Waals surface area (Å²) in [6.07, 6.45) is 0.224. The van der Waals surface area contributed by atoms with Gasteiger partial charge in [-0.3, -0.25) is 9.59 Å². The largest absolute Gasteiger partial charge is 0.456 e. The molecule has 0 saturated carbocycles.